The zero-order chi connectivity index (χ0) is 13.2. The summed E-state index contributed by atoms with van der Waals surface area (Å²) >= 11 is 5.97. The first-order chi connectivity index (χ1) is 8.49. The molecule has 0 spiro atoms. The standard InChI is InChI=1S/C13H18ClNO2S/c1-11-6-2-3-7-12(11)18(16,17)15-13(10-14)8-4-5-9-13/h2-3,6-7,15H,4-5,8-10H2,1H3. The van der Waals surface area contributed by atoms with Gasteiger partial charge in [0.15, 0.2) is 0 Å². The van der Waals surface area contributed by atoms with E-state index in [0.29, 0.717) is 10.8 Å². The minimum Gasteiger partial charge on any atom is -0.207 e. The van der Waals surface area contributed by atoms with Gasteiger partial charge in [-0.2, -0.15) is 0 Å². The topological polar surface area (TPSA) is 46.2 Å². The number of sulfonamides is 1. The van der Waals surface area contributed by atoms with Crippen molar-refractivity contribution >= 4 is 21.6 Å². The van der Waals surface area contributed by atoms with Gasteiger partial charge in [0, 0.05) is 11.4 Å². The van der Waals surface area contributed by atoms with Crippen molar-refractivity contribution in [3.05, 3.63) is 29.8 Å². The fourth-order valence-corrected chi connectivity index (χ4v) is 4.63. The van der Waals surface area contributed by atoms with Crippen molar-refractivity contribution in [1.29, 1.82) is 0 Å². The van der Waals surface area contributed by atoms with Crippen LogP contribution in [0, 0.1) is 6.92 Å². The smallest absolute Gasteiger partial charge is 0.207 e. The molecule has 1 aromatic rings. The van der Waals surface area contributed by atoms with Gasteiger partial charge in [0.25, 0.3) is 0 Å². The lowest BCUT2D eigenvalue weighted by atomic mass is 10.0. The Balaban J connectivity index is 2.30. The maximum Gasteiger partial charge on any atom is 0.241 e. The molecule has 1 aliphatic carbocycles. The van der Waals surface area contributed by atoms with Gasteiger partial charge in [0.2, 0.25) is 10.0 Å². The minimum atomic E-state index is -3.48. The number of hydrogen-bond acceptors (Lipinski definition) is 2. The number of alkyl halides is 1. The SMILES string of the molecule is Cc1ccccc1S(=O)(=O)NC1(CCl)CCCC1. The first kappa shape index (κ1) is 13.8. The number of halogens is 1. The Morgan fingerprint density at radius 2 is 1.89 bits per heavy atom. The van der Waals surface area contributed by atoms with Gasteiger partial charge in [-0.3, -0.25) is 0 Å². The molecule has 2 rings (SSSR count). The summed E-state index contributed by atoms with van der Waals surface area (Å²) in [6.07, 6.45) is 3.70. The van der Waals surface area contributed by atoms with Gasteiger partial charge in [-0.15, -0.1) is 11.6 Å². The Morgan fingerprint density at radius 3 is 2.44 bits per heavy atom. The molecule has 1 aromatic carbocycles. The van der Waals surface area contributed by atoms with Crippen LogP contribution >= 0.6 is 11.6 Å². The normalized spacial score (nSPS) is 19.0. The van der Waals surface area contributed by atoms with E-state index in [1.54, 1.807) is 25.1 Å². The molecule has 1 N–H and O–H groups in total. The molecule has 1 saturated carbocycles. The summed E-state index contributed by atoms with van der Waals surface area (Å²) in [6, 6.07) is 7.01. The highest BCUT2D eigenvalue weighted by Gasteiger charge is 2.37. The summed E-state index contributed by atoms with van der Waals surface area (Å²) in [5, 5.41) is 0. The first-order valence-electron chi connectivity index (χ1n) is 6.15. The molecule has 5 heteroatoms. The molecule has 0 aliphatic heterocycles. The largest absolute Gasteiger partial charge is 0.241 e. The molecule has 1 fully saturated rings. The van der Waals surface area contributed by atoms with Crippen LogP contribution in [0.4, 0.5) is 0 Å². The number of nitrogens with one attached hydrogen (secondary N) is 1. The first-order valence-corrected chi connectivity index (χ1v) is 8.16. The lowest BCUT2D eigenvalue weighted by Gasteiger charge is -2.27. The Hall–Kier alpha value is -0.580. The number of benzene rings is 1. The van der Waals surface area contributed by atoms with Crippen molar-refractivity contribution in [2.75, 3.05) is 5.88 Å². The van der Waals surface area contributed by atoms with Crippen molar-refractivity contribution in [3.63, 3.8) is 0 Å². The molecule has 0 saturated heterocycles. The molecule has 0 aromatic heterocycles. The second-order valence-corrected chi connectivity index (χ2v) is 6.91. The summed E-state index contributed by atoms with van der Waals surface area (Å²) in [7, 11) is -3.48. The Bertz CT molecular complexity index is 522. The van der Waals surface area contributed by atoms with E-state index in [1.807, 2.05) is 6.07 Å². The average Bonchev–Trinajstić information content (AvgIpc) is 2.78. The van der Waals surface area contributed by atoms with Gasteiger partial charge < -0.3 is 0 Å². The molecule has 100 valence electrons. The predicted molar refractivity (Wildman–Crippen MR) is 73.4 cm³/mol. The van der Waals surface area contributed by atoms with E-state index in [2.05, 4.69) is 4.72 Å². The highest BCUT2D eigenvalue weighted by molar-refractivity contribution is 7.89. The van der Waals surface area contributed by atoms with Crippen molar-refractivity contribution in [3.8, 4) is 0 Å². The maximum atomic E-state index is 12.4. The number of aryl methyl sites for hydroxylation is 1. The summed E-state index contributed by atoms with van der Waals surface area (Å²) < 4.78 is 27.6. The van der Waals surface area contributed by atoms with E-state index in [-0.39, 0.29) is 0 Å². The summed E-state index contributed by atoms with van der Waals surface area (Å²) in [5.74, 6) is 0.331. The van der Waals surface area contributed by atoms with E-state index < -0.39 is 15.6 Å². The minimum absolute atomic E-state index is 0.331. The lowest BCUT2D eigenvalue weighted by Crippen LogP contribution is -2.47. The molecule has 3 nitrogen and oxygen atoms in total. The molecule has 18 heavy (non-hydrogen) atoms. The van der Waals surface area contributed by atoms with Crippen LogP contribution < -0.4 is 4.72 Å². The van der Waals surface area contributed by atoms with Crippen LogP contribution in [0.1, 0.15) is 31.2 Å². The molecule has 0 atom stereocenters. The molecule has 0 heterocycles. The molecule has 0 amide bonds. The Labute approximate surface area is 114 Å². The van der Waals surface area contributed by atoms with E-state index in [0.717, 1.165) is 31.2 Å². The molecule has 1 aliphatic rings. The summed E-state index contributed by atoms with van der Waals surface area (Å²) in [5.41, 5.74) is 0.301. The van der Waals surface area contributed by atoms with Crippen LogP contribution in [0.5, 0.6) is 0 Å². The van der Waals surface area contributed by atoms with Crippen molar-refractivity contribution < 1.29 is 8.42 Å². The third-order valence-electron chi connectivity index (χ3n) is 3.55. The zero-order valence-electron chi connectivity index (χ0n) is 10.4. The predicted octanol–water partition coefficient (Wildman–Crippen LogP) is 2.82. The van der Waals surface area contributed by atoms with Crippen LogP contribution in [0.2, 0.25) is 0 Å². The van der Waals surface area contributed by atoms with Gasteiger partial charge in [-0.25, -0.2) is 13.1 Å². The van der Waals surface area contributed by atoms with Crippen molar-refractivity contribution in [2.24, 2.45) is 0 Å². The molecule has 0 radical (unpaired) electrons. The lowest BCUT2D eigenvalue weighted by molar-refractivity contribution is 0.432. The van der Waals surface area contributed by atoms with Crippen LogP contribution in [0.25, 0.3) is 0 Å². The van der Waals surface area contributed by atoms with Gasteiger partial charge in [0.1, 0.15) is 0 Å². The van der Waals surface area contributed by atoms with Gasteiger partial charge in [-0.1, -0.05) is 31.0 Å². The maximum absolute atomic E-state index is 12.4. The van der Waals surface area contributed by atoms with Crippen LogP contribution in [-0.2, 0) is 10.0 Å². The second kappa shape index (κ2) is 5.19. The number of rotatable bonds is 4. The molecular weight excluding hydrogens is 270 g/mol. The second-order valence-electron chi connectivity index (χ2n) is 4.99. The fourth-order valence-electron chi connectivity index (χ4n) is 2.51. The van der Waals surface area contributed by atoms with Crippen molar-refractivity contribution in [2.45, 2.75) is 43.0 Å². The highest BCUT2D eigenvalue weighted by atomic mass is 35.5. The van der Waals surface area contributed by atoms with Gasteiger partial charge >= 0.3 is 0 Å². The van der Waals surface area contributed by atoms with Gasteiger partial charge in [0.05, 0.1) is 4.90 Å². The van der Waals surface area contributed by atoms with Crippen molar-refractivity contribution in [1.82, 2.24) is 4.72 Å². The van der Waals surface area contributed by atoms with E-state index >= 15 is 0 Å². The average molecular weight is 288 g/mol. The summed E-state index contributed by atoms with van der Waals surface area (Å²) in [6.45, 7) is 1.80. The summed E-state index contributed by atoms with van der Waals surface area (Å²) in [4.78, 5) is 0.349. The third kappa shape index (κ3) is 2.71. The quantitative estimate of drug-likeness (QED) is 0.866. The fraction of sp³-hybridized carbons (Fsp3) is 0.538. The monoisotopic (exact) mass is 287 g/mol. The number of hydrogen-bond donors (Lipinski definition) is 1. The Morgan fingerprint density at radius 1 is 1.28 bits per heavy atom. The Kier molecular flexibility index (Phi) is 3.99. The van der Waals surface area contributed by atoms with E-state index in [4.69, 9.17) is 11.6 Å². The van der Waals surface area contributed by atoms with Crippen LogP contribution in [-0.4, -0.2) is 19.8 Å². The molecule has 0 unspecified atom stereocenters. The molecular formula is C13H18ClNO2S. The van der Waals surface area contributed by atoms with Crippen LogP contribution in [0.15, 0.2) is 29.2 Å². The van der Waals surface area contributed by atoms with E-state index in [9.17, 15) is 8.42 Å². The van der Waals surface area contributed by atoms with Crippen LogP contribution in [0.3, 0.4) is 0 Å². The third-order valence-corrected chi connectivity index (χ3v) is 5.80. The molecule has 0 bridgehead atoms. The highest BCUT2D eigenvalue weighted by Crippen LogP contribution is 2.32. The van der Waals surface area contributed by atoms with E-state index in [1.165, 1.54) is 0 Å². The van der Waals surface area contributed by atoms with Gasteiger partial charge in [-0.05, 0) is 31.4 Å². The zero-order valence-corrected chi connectivity index (χ0v) is 12.0.